The number of carbonyl (C=O) groups is 1. The van der Waals surface area contributed by atoms with Gasteiger partial charge in [0.05, 0.1) is 0 Å². The number of hydrogen-bond donors (Lipinski definition) is 1. The minimum absolute atomic E-state index is 0.0392. The molecule has 0 bridgehead atoms. The number of rotatable bonds is 5. The third kappa shape index (κ3) is 2.97. The van der Waals surface area contributed by atoms with Gasteiger partial charge in [0.2, 0.25) is 0 Å². The summed E-state index contributed by atoms with van der Waals surface area (Å²) in [7, 11) is 0. The van der Waals surface area contributed by atoms with Crippen molar-refractivity contribution in [1.29, 1.82) is 0 Å². The van der Waals surface area contributed by atoms with Crippen LogP contribution in [0.5, 0.6) is 0 Å². The van der Waals surface area contributed by atoms with E-state index in [1.807, 2.05) is 0 Å². The fourth-order valence-corrected chi connectivity index (χ4v) is 2.79. The summed E-state index contributed by atoms with van der Waals surface area (Å²) < 4.78 is 2.12. The van der Waals surface area contributed by atoms with Gasteiger partial charge in [-0.25, -0.2) is 0 Å². The molecule has 1 heterocycles. The van der Waals surface area contributed by atoms with Gasteiger partial charge in [-0.15, -0.1) is 0 Å². The van der Waals surface area contributed by atoms with Gasteiger partial charge in [-0.2, -0.15) is 0 Å². The number of nitrogens with one attached hydrogen (secondary N) is 1. The number of amides is 1. The van der Waals surface area contributed by atoms with Gasteiger partial charge < -0.3 is 9.88 Å². The lowest BCUT2D eigenvalue weighted by Gasteiger charge is -2.11. The smallest absolute Gasteiger partial charge is 0.268 e. The molecule has 0 unspecified atom stereocenters. The first kappa shape index (κ1) is 15.6. The molecule has 1 aromatic carbocycles. The maximum Gasteiger partial charge on any atom is 0.268 e. The van der Waals surface area contributed by atoms with Crippen LogP contribution in [0.3, 0.4) is 0 Å². The Morgan fingerprint density at radius 1 is 1.29 bits per heavy atom. The highest BCUT2D eigenvalue weighted by Gasteiger charge is 2.19. The normalized spacial score (nSPS) is 11.3. The zero-order valence-electron chi connectivity index (χ0n) is 13.8. The van der Waals surface area contributed by atoms with Crippen LogP contribution in [0.25, 0.3) is 10.9 Å². The molecule has 1 N–H and O–H groups in total. The van der Waals surface area contributed by atoms with Crippen LogP contribution in [-0.2, 0) is 13.0 Å². The van der Waals surface area contributed by atoms with Crippen LogP contribution in [-0.4, -0.2) is 17.0 Å². The largest absolute Gasteiger partial charge is 0.350 e. The molecule has 3 nitrogen and oxygen atoms in total. The standard InChI is InChI=1S/C18H26N2O/c1-6-14-8-9-16-15(10-14)13(5)17(20(16)7-2)18(21)19-11-12(3)4/h8-10,12H,6-7,11H2,1-5H3,(H,19,21). The van der Waals surface area contributed by atoms with E-state index < -0.39 is 0 Å². The van der Waals surface area contributed by atoms with E-state index >= 15 is 0 Å². The Hall–Kier alpha value is -1.77. The minimum Gasteiger partial charge on any atom is -0.350 e. The third-order valence-electron chi connectivity index (χ3n) is 3.99. The lowest BCUT2D eigenvalue weighted by molar-refractivity contribution is 0.0939. The molecule has 2 rings (SSSR count). The van der Waals surface area contributed by atoms with Crippen LogP contribution >= 0.6 is 0 Å². The van der Waals surface area contributed by atoms with Gasteiger partial charge >= 0.3 is 0 Å². The SMILES string of the molecule is CCc1ccc2c(c1)c(C)c(C(=O)NCC(C)C)n2CC. The van der Waals surface area contributed by atoms with E-state index in [-0.39, 0.29) is 5.91 Å². The highest BCUT2D eigenvalue weighted by atomic mass is 16.1. The molecule has 0 radical (unpaired) electrons. The van der Waals surface area contributed by atoms with Crippen molar-refractivity contribution < 1.29 is 4.79 Å². The molecule has 0 saturated heterocycles. The molecule has 0 fully saturated rings. The van der Waals surface area contributed by atoms with Gasteiger partial charge in [0, 0.05) is 24.0 Å². The van der Waals surface area contributed by atoms with Crippen molar-refractivity contribution in [1.82, 2.24) is 9.88 Å². The summed E-state index contributed by atoms with van der Waals surface area (Å²) in [4.78, 5) is 12.5. The van der Waals surface area contributed by atoms with Crippen molar-refractivity contribution in [3.8, 4) is 0 Å². The van der Waals surface area contributed by atoms with Gasteiger partial charge in [0.1, 0.15) is 5.69 Å². The van der Waals surface area contributed by atoms with Crippen LogP contribution in [0.2, 0.25) is 0 Å². The number of fused-ring (bicyclic) bond motifs is 1. The second-order valence-corrected chi connectivity index (χ2v) is 6.03. The Kier molecular flexibility index (Phi) is 4.71. The summed E-state index contributed by atoms with van der Waals surface area (Å²) in [5.41, 5.74) is 4.36. The molecular formula is C18H26N2O. The summed E-state index contributed by atoms with van der Waals surface area (Å²) in [6.45, 7) is 12.0. The van der Waals surface area contributed by atoms with Crippen molar-refractivity contribution in [2.75, 3.05) is 6.54 Å². The minimum atomic E-state index is 0.0392. The monoisotopic (exact) mass is 286 g/mol. The van der Waals surface area contributed by atoms with Crippen LogP contribution in [0.4, 0.5) is 0 Å². The number of hydrogen-bond acceptors (Lipinski definition) is 1. The Labute approximate surface area is 127 Å². The summed E-state index contributed by atoms with van der Waals surface area (Å²) in [6, 6.07) is 6.52. The highest BCUT2D eigenvalue weighted by molar-refractivity contribution is 6.01. The van der Waals surface area contributed by atoms with Crippen molar-refractivity contribution in [3.63, 3.8) is 0 Å². The van der Waals surface area contributed by atoms with Crippen LogP contribution < -0.4 is 5.32 Å². The van der Waals surface area contributed by atoms with Crippen molar-refractivity contribution in [2.45, 2.75) is 47.6 Å². The molecular weight excluding hydrogens is 260 g/mol. The predicted molar refractivity (Wildman–Crippen MR) is 88.9 cm³/mol. The second kappa shape index (κ2) is 6.33. The molecule has 0 saturated carbocycles. The van der Waals surface area contributed by atoms with Gasteiger partial charge in [-0.05, 0) is 49.4 Å². The quantitative estimate of drug-likeness (QED) is 0.888. The Morgan fingerprint density at radius 3 is 2.57 bits per heavy atom. The second-order valence-electron chi connectivity index (χ2n) is 6.03. The van der Waals surface area contributed by atoms with E-state index in [4.69, 9.17) is 0 Å². The summed E-state index contributed by atoms with van der Waals surface area (Å²) >= 11 is 0. The Bertz CT molecular complexity index is 653. The first-order valence-electron chi connectivity index (χ1n) is 7.89. The molecule has 0 atom stereocenters. The van der Waals surface area contributed by atoms with Crippen LogP contribution in [0, 0.1) is 12.8 Å². The lowest BCUT2D eigenvalue weighted by Crippen LogP contribution is -2.29. The number of aryl methyl sites for hydroxylation is 3. The summed E-state index contributed by atoms with van der Waals surface area (Å²) in [5, 5.41) is 4.24. The Morgan fingerprint density at radius 2 is 2.00 bits per heavy atom. The molecule has 0 spiro atoms. The third-order valence-corrected chi connectivity index (χ3v) is 3.99. The molecule has 3 heteroatoms. The van der Waals surface area contributed by atoms with E-state index in [0.29, 0.717) is 12.5 Å². The maximum absolute atomic E-state index is 12.5. The van der Waals surface area contributed by atoms with E-state index in [0.717, 1.165) is 29.7 Å². The van der Waals surface area contributed by atoms with Gasteiger partial charge in [0.15, 0.2) is 0 Å². The first-order valence-corrected chi connectivity index (χ1v) is 7.89. The van der Waals surface area contributed by atoms with E-state index in [9.17, 15) is 4.79 Å². The number of benzene rings is 1. The zero-order chi connectivity index (χ0) is 15.6. The van der Waals surface area contributed by atoms with Crippen molar-refractivity contribution in [3.05, 3.63) is 35.0 Å². The predicted octanol–water partition coefficient (Wildman–Crippen LogP) is 3.92. The molecule has 0 aliphatic carbocycles. The molecule has 21 heavy (non-hydrogen) atoms. The molecule has 0 aliphatic rings. The average molecular weight is 286 g/mol. The Balaban J connectivity index is 2.52. The van der Waals surface area contributed by atoms with E-state index in [1.54, 1.807) is 0 Å². The van der Waals surface area contributed by atoms with Crippen LogP contribution in [0.15, 0.2) is 18.2 Å². The van der Waals surface area contributed by atoms with Gasteiger partial charge in [-0.3, -0.25) is 4.79 Å². The average Bonchev–Trinajstić information content (AvgIpc) is 2.76. The number of aromatic nitrogens is 1. The lowest BCUT2D eigenvalue weighted by atomic mass is 10.1. The topological polar surface area (TPSA) is 34.0 Å². The first-order chi connectivity index (χ1) is 9.99. The highest BCUT2D eigenvalue weighted by Crippen LogP contribution is 2.27. The van der Waals surface area contributed by atoms with Crippen molar-refractivity contribution >= 4 is 16.8 Å². The molecule has 1 aromatic heterocycles. The molecule has 2 aromatic rings. The van der Waals surface area contributed by atoms with Crippen LogP contribution in [0.1, 0.15) is 49.3 Å². The molecule has 114 valence electrons. The fourth-order valence-electron chi connectivity index (χ4n) is 2.79. The molecule has 0 aliphatic heterocycles. The van der Waals surface area contributed by atoms with Crippen molar-refractivity contribution in [2.24, 2.45) is 5.92 Å². The van der Waals surface area contributed by atoms with Gasteiger partial charge in [-0.1, -0.05) is 26.8 Å². The number of carbonyl (C=O) groups excluding carboxylic acids is 1. The van der Waals surface area contributed by atoms with Gasteiger partial charge in [0.25, 0.3) is 5.91 Å². The molecule has 1 amide bonds. The fraction of sp³-hybridized carbons (Fsp3) is 0.500. The van der Waals surface area contributed by atoms with E-state index in [2.05, 4.69) is 62.7 Å². The zero-order valence-corrected chi connectivity index (χ0v) is 13.8. The summed E-state index contributed by atoms with van der Waals surface area (Å²) in [5.74, 6) is 0.498. The maximum atomic E-state index is 12.5. The van der Waals surface area contributed by atoms with E-state index in [1.165, 1.54) is 10.9 Å². The number of nitrogens with zero attached hydrogens (tertiary/aromatic N) is 1. The summed E-state index contributed by atoms with van der Waals surface area (Å²) in [6.07, 6.45) is 1.02.